The molecule has 1 fully saturated rings. The van der Waals surface area contributed by atoms with Gasteiger partial charge in [0.15, 0.2) is 5.78 Å². The molecule has 0 radical (unpaired) electrons. The van der Waals surface area contributed by atoms with Gasteiger partial charge >= 0.3 is 5.97 Å². The Morgan fingerprint density at radius 1 is 1.05 bits per heavy atom. The Morgan fingerprint density at radius 3 is 2.38 bits per heavy atom. The van der Waals surface area contributed by atoms with E-state index in [1.165, 1.54) is 37.3 Å². The van der Waals surface area contributed by atoms with Crippen LogP contribution in [0.4, 0.5) is 5.69 Å². The third-order valence-corrected chi connectivity index (χ3v) is 6.96. The first-order valence-electron chi connectivity index (χ1n) is 13.1. The summed E-state index contributed by atoms with van der Waals surface area (Å²) >= 11 is 6.26. The molecule has 1 aromatic heterocycles. The molecule has 0 unspecified atom stereocenters. The Morgan fingerprint density at radius 2 is 1.76 bits per heavy atom. The molecular formula is C31H26ClN3O7. The molecule has 1 amide bonds. The lowest BCUT2D eigenvalue weighted by Gasteiger charge is -2.28. The Kier molecular flexibility index (Phi) is 8.46. The first-order valence-corrected chi connectivity index (χ1v) is 13.4. The fraction of sp³-hybridized carbons (Fsp3) is 0.194. The van der Waals surface area contributed by atoms with Crippen molar-refractivity contribution in [3.05, 3.63) is 111 Å². The van der Waals surface area contributed by atoms with Crippen molar-refractivity contribution in [2.24, 2.45) is 0 Å². The summed E-state index contributed by atoms with van der Waals surface area (Å²) in [4.78, 5) is 51.0. The first-order chi connectivity index (χ1) is 20.2. The van der Waals surface area contributed by atoms with Gasteiger partial charge in [-0.05, 0) is 60.5 Å². The van der Waals surface area contributed by atoms with Gasteiger partial charge in [0.05, 0.1) is 24.3 Å². The van der Waals surface area contributed by atoms with E-state index < -0.39 is 23.5 Å². The number of Topliss-reactive ketones (excluding diaryl/α,β-unsaturated/α-hetero) is 1. The van der Waals surface area contributed by atoms with E-state index in [1.807, 2.05) is 30.3 Å². The highest BCUT2D eigenvalue weighted by Gasteiger charge is 2.29. The van der Waals surface area contributed by atoms with E-state index in [1.54, 1.807) is 18.2 Å². The minimum absolute atomic E-state index is 0.0457. The van der Waals surface area contributed by atoms with Crippen LogP contribution in [0.25, 0.3) is 11.1 Å². The molecule has 2 heterocycles. The highest BCUT2D eigenvalue weighted by atomic mass is 35.5. The molecule has 11 heteroatoms. The van der Waals surface area contributed by atoms with Gasteiger partial charge in [-0.25, -0.2) is 9.48 Å². The average Bonchev–Trinajstić information content (AvgIpc) is 2.95. The quantitative estimate of drug-likeness (QED) is 0.256. The highest BCUT2D eigenvalue weighted by Crippen LogP contribution is 2.34. The van der Waals surface area contributed by atoms with E-state index in [9.17, 15) is 24.3 Å². The molecule has 1 atom stereocenters. The van der Waals surface area contributed by atoms with Gasteiger partial charge in [0.2, 0.25) is 11.8 Å². The lowest BCUT2D eigenvalue weighted by atomic mass is 9.98. The summed E-state index contributed by atoms with van der Waals surface area (Å²) in [5.74, 6) is -1.83. The molecule has 4 aromatic rings. The Labute approximate surface area is 245 Å². The number of nitrogens with zero attached hydrogens (tertiary/aromatic N) is 2. The number of carbonyl (C=O) groups is 3. The monoisotopic (exact) mass is 587 g/mol. The van der Waals surface area contributed by atoms with Crippen molar-refractivity contribution in [3.63, 3.8) is 0 Å². The molecule has 42 heavy (non-hydrogen) atoms. The van der Waals surface area contributed by atoms with E-state index in [4.69, 9.17) is 21.1 Å². The number of aromatic carboxylic acids is 1. The van der Waals surface area contributed by atoms with Crippen LogP contribution in [-0.4, -0.2) is 51.9 Å². The van der Waals surface area contributed by atoms with Crippen LogP contribution in [0.1, 0.15) is 39.2 Å². The summed E-state index contributed by atoms with van der Waals surface area (Å²) in [6, 6.07) is 19.7. The number of carboxylic acids is 1. The van der Waals surface area contributed by atoms with Crippen molar-refractivity contribution >= 4 is 34.9 Å². The minimum atomic E-state index is -1.11. The molecule has 1 aliphatic heterocycles. The van der Waals surface area contributed by atoms with E-state index in [0.29, 0.717) is 35.1 Å². The van der Waals surface area contributed by atoms with Crippen LogP contribution in [-0.2, 0) is 16.0 Å². The SMILES string of the molecule is CC(=O)c1ccc(Cl)cc1-c1cc(=O)n([C@@H](Cc2ccccc2)C(=O)Nc2ccc(C(=O)O)cc2)nc1OC1COC1. The lowest BCUT2D eigenvalue weighted by molar-refractivity contribution is -0.119. The first kappa shape index (κ1) is 28.7. The normalized spacial score (nSPS) is 13.6. The number of ketones is 1. The Balaban J connectivity index is 1.60. The summed E-state index contributed by atoms with van der Waals surface area (Å²) in [6.45, 7) is 2.04. The smallest absolute Gasteiger partial charge is 0.335 e. The van der Waals surface area contributed by atoms with Crippen LogP contribution < -0.4 is 15.6 Å². The van der Waals surface area contributed by atoms with Gasteiger partial charge in [-0.15, -0.1) is 5.10 Å². The number of aromatic nitrogens is 2. The number of rotatable bonds is 10. The summed E-state index contributed by atoms with van der Waals surface area (Å²) in [7, 11) is 0. The van der Waals surface area contributed by atoms with E-state index in [2.05, 4.69) is 10.4 Å². The summed E-state index contributed by atoms with van der Waals surface area (Å²) in [5.41, 5.74) is 1.56. The number of hydrogen-bond acceptors (Lipinski definition) is 7. The lowest BCUT2D eigenvalue weighted by Crippen LogP contribution is -2.40. The van der Waals surface area contributed by atoms with Gasteiger partial charge in [0.25, 0.3) is 5.56 Å². The number of ether oxygens (including phenoxy) is 2. The molecule has 2 N–H and O–H groups in total. The van der Waals surface area contributed by atoms with Gasteiger partial charge in [0.1, 0.15) is 12.1 Å². The van der Waals surface area contributed by atoms with Gasteiger partial charge in [0, 0.05) is 28.8 Å². The van der Waals surface area contributed by atoms with Crippen molar-refractivity contribution in [2.75, 3.05) is 18.5 Å². The standard InChI is InChI=1S/C31H26ClN3O7/c1-18(36)24-12-9-21(32)14-25(24)26-15-28(37)35(34-30(26)42-23-16-41-17-23)27(13-19-5-3-2-4-6-19)29(38)33-22-10-7-20(8-11-22)31(39)40/h2-12,14-15,23,27H,13,16-17H2,1H3,(H,33,38)(H,39,40)/t27-/m0/s1. The number of hydrogen-bond donors (Lipinski definition) is 2. The molecule has 214 valence electrons. The largest absolute Gasteiger partial charge is 0.478 e. The van der Waals surface area contributed by atoms with Crippen LogP contribution in [0.5, 0.6) is 5.88 Å². The zero-order chi connectivity index (χ0) is 29.8. The molecule has 5 rings (SSSR count). The van der Waals surface area contributed by atoms with Crippen LogP contribution in [0.2, 0.25) is 5.02 Å². The minimum Gasteiger partial charge on any atom is -0.478 e. The molecule has 1 aliphatic rings. The van der Waals surface area contributed by atoms with E-state index in [0.717, 1.165) is 10.2 Å². The highest BCUT2D eigenvalue weighted by molar-refractivity contribution is 6.31. The van der Waals surface area contributed by atoms with Crippen LogP contribution in [0, 0.1) is 0 Å². The maximum atomic E-state index is 13.7. The number of nitrogens with one attached hydrogen (secondary N) is 1. The topological polar surface area (TPSA) is 137 Å². The molecule has 0 aliphatic carbocycles. The fourth-order valence-electron chi connectivity index (χ4n) is 4.49. The molecular weight excluding hydrogens is 562 g/mol. The zero-order valence-electron chi connectivity index (χ0n) is 22.5. The molecule has 0 saturated carbocycles. The van der Waals surface area contributed by atoms with E-state index in [-0.39, 0.29) is 35.3 Å². The number of carbonyl (C=O) groups excluding carboxylic acids is 2. The summed E-state index contributed by atoms with van der Waals surface area (Å²) in [5, 5.41) is 16.8. The third kappa shape index (κ3) is 6.40. The Bertz CT molecular complexity index is 1700. The second kappa shape index (κ2) is 12.4. The average molecular weight is 588 g/mol. The van der Waals surface area contributed by atoms with Crippen LogP contribution >= 0.6 is 11.6 Å². The number of amides is 1. The molecule has 0 bridgehead atoms. The molecule has 3 aromatic carbocycles. The number of carboxylic acid groups (broad SMARTS) is 1. The molecule has 0 spiro atoms. The number of halogens is 1. The fourth-order valence-corrected chi connectivity index (χ4v) is 4.66. The van der Waals surface area contributed by atoms with Crippen LogP contribution in [0.15, 0.2) is 83.7 Å². The number of anilines is 1. The second-order valence-electron chi connectivity index (χ2n) is 9.75. The van der Waals surface area contributed by atoms with Crippen molar-refractivity contribution in [1.82, 2.24) is 9.78 Å². The predicted octanol–water partition coefficient (Wildman–Crippen LogP) is 4.66. The van der Waals surface area contributed by atoms with Gasteiger partial charge in [-0.1, -0.05) is 41.9 Å². The van der Waals surface area contributed by atoms with E-state index >= 15 is 0 Å². The summed E-state index contributed by atoms with van der Waals surface area (Å²) < 4.78 is 12.4. The van der Waals surface area contributed by atoms with Crippen molar-refractivity contribution < 1.29 is 29.0 Å². The van der Waals surface area contributed by atoms with Crippen molar-refractivity contribution in [3.8, 4) is 17.0 Å². The van der Waals surface area contributed by atoms with Gasteiger partial charge in [-0.3, -0.25) is 14.4 Å². The molecule has 1 saturated heterocycles. The number of benzene rings is 3. The second-order valence-corrected chi connectivity index (χ2v) is 10.2. The zero-order valence-corrected chi connectivity index (χ0v) is 23.2. The summed E-state index contributed by atoms with van der Waals surface area (Å²) in [6.07, 6.45) is -0.218. The Hall–Kier alpha value is -4.80. The van der Waals surface area contributed by atoms with Crippen LogP contribution in [0.3, 0.4) is 0 Å². The van der Waals surface area contributed by atoms with Gasteiger partial charge in [-0.2, -0.15) is 0 Å². The maximum Gasteiger partial charge on any atom is 0.335 e. The van der Waals surface area contributed by atoms with Crippen molar-refractivity contribution in [2.45, 2.75) is 25.5 Å². The maximum absolute atomic E-state index is 13.7. The van der Waals surface area contributed by atoms with Gasteiger partial charge < -0.3 is 19.9 Å². The molecule has 10 nitrogen and oxygen atoms in total. The van der Waals surface area contributed by atoms with Crippen molar-refractivity contribution in [1.29, 1.82) is 0 Å². The third-order valence-electron chi connectivity index (χ3n) is 6.73. The predicted molar refractivity (Wildman–Crippen MR) is 155 cm³/mol.